The van der Waals surface area contributed by atoms with Crippen molar-refractivity contribution in [3.05, 3.63) is 212 Å². The molecule has 12 aromatic rings. The number of hydrogen-bond acceptors (Lipinski definition) is 0. The Morgan fingerprint density at radius 2 is 0.649 bits per heavy atom. The molecule has 3 heteroatoms. The summed E-state index contributed by atoms with van der Waals surface area (Å²) in [6.07, 6.45) is 0. The van der Waals surface area contributed by atoms with Crippen LogP contribution in [-0.2, 0) is 0 Å². The zero-order chi connectivity index (χ0) is 48.8. The number of hydrogen-bond donors (Lipinski definition) is 0. The van der Waals surface area contributed by atoms with Crippen molar-refractivity contribution < 1.29 is 17.8 Å². The minimum atomic E-state index is -0.733. The molecule has 0 N–H and O–H groups in total. The lowest BCUT2D eigenvalue weighted by molar-refractivity contribution is 1.16. The van der Waals surface area contributed by atoms with Gasteiger partial charge in [-0.1, -0.05) is 151 Å². The molecule has 3 aromatic heterocycles. The Labute approximate surface area is 347 Å². The first-order valence-corrected chi connectivity index (χ1v) is 18.5. The van der Waals surface area contributed by atoms with E-state index >= 15 is 0 Å². The second-order valence-electron chi connectivity index (χ2n) is 14.0. The molecule has 0 amide bonds. The van der Waals surface area contributed by atoms with Gasteiger partial charge < -0.3 is 13.7 Å². The van der Waals surface area contributed by atoms with Crippen LogP contribution in [0.3, 0.4) is 0 Å². The summed E-state index contributed by atoms with van der Waals surface area (Å²) in [6, 6.07) is 35.5. The largest absolute Gasteiger partial charge is 0.309 e. The van der Waals surface area contributed by atoms with Crippen molar-refractivity contribution in [2.45, 2.75) is 0 Å². The highest BCUT2D eigenvalue weighted by Gasteiger charge is 2.21. The average Bonchev–Trinajstić information content (AvgIpc) is 4.02. The number of rotatable bonds is 5. The molecule has 0 unspecified atom stereocenters. The minimum absolute atomic E-state index is 0.156. The number of aromatic nitrogens is 3. The third-order valence-corrected chi connectivity index (χ3v) is 11.0. The maximum atomic E-state index is 9.47. The van der Waals surface area contributed by atoms with Crippen molar-refractivity contribution in [1.82, 2.24) is 13.7 Å². The van der Waals surface area contributed by atoms with Gasteiger partial charge in [0.15, 0.2) is 0 Å². The van der Waals surface area contributed by atoms with Gasteiger partial charge >= 0.3 is 0 Å². The molecule has 0 radical (unpaired) electrons. The Bertz CT molecular complexity index is 4090. The zero-order valence-electron chi connectivity index (χ0n) is 43.0. The molecule has 3 heterocycles. The standard InChI is InChI=1S/C54H35N3/c1-3-16-36(17-4-1)40-24-15-25-41(37-18-5-2-6-19-37)54(40)57-51-29-14-10-23-45(51)47-35-39(31-33-53(47)57)56-50-28-13-9-22-44(50)46-34-38(30-32-52(46)56)55-48-26-11-7-20-42(48)43-21-8-12-27-49(43)55/h1-35H/i1D,2D,3D,4D,5D,6D,15D,16D,17D,18D,19D,24D,25D. The quantitative estimate of drug-likeness (QED) is 0.167. The summed E-state index contributed by atoms with van der Waals surface area (Å²) in [5.41, 5.74) is 5.06. The fourth-order valence-corrected chi connectivity index (χ4v) is 8.65. The molecular weight excluding hydrogens is 691 g/mol. The van der Waals surface area contributed by atoms with Crippen LogP contribution in [0.25, 0.3) is 105 Å². The van der Waals surface area contributed by atoms with E-state index in [1.54, 1.807) is 16.7 Å². The summed E-state index contributed by atoms with van der Waals surface area (Å²) in [5.74, 6) is 0. The van der Waals surface area contributed by atoms with E-state index in [9.17, 15) is 2.74 Å². The number of fused-ring (bicyclic) bond motifs is 9. The van der Waals surface area contributed by atoms with Gasteiger partial charge in [-0.15, -0.1) is 0 Å². The van der Waals surface area contributed by atoms with Crippen LogP contribution in [0.15, 0.2) is 212 Å². The predicted molar refractivity (Wildman–Crippen MR) is 240 cm³/mol. The summed E-state index contributed by atoms with van der Waals surface area (Å²) < 4.78 is 122. The molecule has 0 aliphatic rings. The molecule has 12 rings (SSSR count). The molecule has 0 aliphatic carbocycles. The summed E-state index contributed by atoms with van der Waals surface area (Å²) in [4.78, 5) is 0. The van der Waals surface area contributed by atoms with Gasteiger partial charge in [0, 0.05) is 54.8 Å². The zero-order valence-corrected chi connectivity index (χ0v) is 30.0. The molecule has 0 fully saturated rings. The summed E-state index contributed by atoms with van der Waals surface area (Å²) in [5, 5.41) is 5.71. The van der Waals surface area contributed by atoms with E-state index in [0.717, 1.165) is 55.0 Å². The van der Waals surface area contributed by atoms with Crippen LogP contribution < -0.4 is 0 Å². The topological polar surface area (TPSA) is 14.8 Å². The summed E-state index contributed by atoms with van der Waals surface area (Å²) in [6.45, 7) is 0. The lowest BCUT2D eigenvalue weighted by atomic mass is 9.95. The molecule has 0 saturated heterocycles. The third kappa shape index (κ3) is 4.73. The van der Waals surface area contributed by atoms with Gasteiger partial charge in [-0.25, -0.2) is 0 Å². The van der Waals surface area contributed by atoms with Crippen molar-refractivity contribution in [3.63, 3.8) is 0 Å². The van der Waals surface area contributed by atoms with E-state index in [1.165, 1.54) is 0 Å². The highest BCUT2D eigenvalue weighted by Crippen LogP contribution is 2.43. The molecule has 57 heavy (non-hydrogen) atoms. The van der Waals surface area contributed by atoms with Gasteiger partial charge in [-0.3, -0.25) is 0 Å². The highest BCUT2D eigenvalue weighted by molar-refractivity contribution is 6.14. The Balaban J connectivity index is 1.18. The molecule has 0 aliphatic heterocycles. The smallest absolute Gasteiger partial charge is 0.0630 e. The molecular formula is C54H35N3. The van der Waals surface area contributed by atoms with Crippen molar-refractivity contribution in [2.24, 2.45) is 0 Å². The fraction of sp³-hybridized carbons (Fsp3) is 0. The van der Waals surface area contributed by atoms with Gasteiger partial charge in [0.1, 0.15) is 0 Å². The second kappa shape index (κ2) is 12.5. The van der Waals surface area contributed by atoms with Gasteiger partial charge in [0.25, 0.3) is 0 Å². The van der Waals surface area contributed by atoms with Crippen molar-refractivity contribution in [2.75, 3.05) is 0 Å². The Morgan fingerprint density at radius 1 is 0.298 bits per heavy atom. The van der Waals surface area contributed by atoms with E-state index in [2.05, 4.69) is 75.9 Å². The van der Waals surface area contributed by atoms with Gasteiger partial charge in [0.2, 0.25) is 0 Å². The molecule has 3 nitrogen and oxygen atoms in total. The van der Waals surface area contributed by atoms with Crippen LogP contribution in [0.5, 0.6) is 0 Å². The fourth-order valence-electron chi connectivity index (χ4n) is 8.65. The monoisotopic (exact) mass is 738 g/mol. The molecule has 0 bridgehead atoms. The molecule has 0 saturated carbocycles. The van der Waals surface area contributed by atoms with Gasteiger partial charge in [-0.2, -0.15) is 0 Å². The van der Waals surface area contributed by atoms with E-state index < -0.39 is 89.7 Å². The number of nitrogens with zero attached hydrogens (tertiary/aromatic N) is 3. The van der Waals surface area contributed by atoms with E-state index in [-0.39, 0.29) is 16.8 Å². The lowest BCUT2D eigenvalue weighted by Crippen LogP contribution is -2.01. The SMILES string of the molecule is [2H]c1c([2H])c([2H])c(-c2c([2H])c([2H])c([2H])c(-c3c([2H])c([2H])c([2H])c([2H])c3[2H])c2-n2c3ccccc3c3cc(-n4c5ccccc5c5cc(-n6c7ccccc7c7ccccc76)ccc54)ccc32)c([2H])c1[2H]. The summed E-state index contributed by atoms with van der Waals surface area (Å²) in [7, 11) is 0. The Morgan fingerprint density at radius 3 is 1.09 bits per heavy atom. The van der Waals surface area contributed by atoms with E-state index in [4.69, 9.17) is 15.1 Å². The first kappa shape index (κ1) is 21.5. The van der Waals surface area contributed by atoms with Crippen molar-refractivity contribution >= 4 is 65.4 Å². The maximum absolute atomic E-state index is 9.47. The van der Waals surface area contributed by atoms with Crippen LogP contribution in [0.1, 0.15) is 17.8 Å². The molecule has 9 aromatic carbocycles. The van der Waals surface area contributed by atoms with Crippen LogP contribution in [0, 0.1) is 0 Å². The predicted octanol–water partition coefficient (Wildman–Crippen LogP) is 14.3. The third-order valence-electron chi connectivity index (χ3n) is 11.0. The normalized spacial score (nSPS) is 15.1. The van der Waals surface area contributed by atoms with Crippen LogP contribution >= 0.6 is 0 Å². The van der Waals surface area contributed by atoms with Crippen molar-refractivity contribution in [1.29, 1.82) is 0 Å². The van der Waals surface area contributed by atoms with Crippen LogP contribution in [0.2, 0.25) is 0 Å². The second-order valence-corrected chi connectivity index (χ2v) is 14.0. The Kier molecular flexibility index (Phi) is 4.69. The maximum Gasteiger partial charge on any atom is 0.0630 e. The molecule has 0 atom stereocenters. The van der Waals surface area contributed by atoms with E-state index in [1.807, 2.05) is 54.6 Å². The number of para-hydroxylation sites is 5. The van der Waals surface area contributed by atoms with E-state index in [0.29, 0.717) is 21.8 Å². The van der Waals surface area contributed by atoms with Gasteiger partial charge in [0.05, 0.1) is 56.6 Å². The molecule has 266 valence electrons. The number of benzene rings is 9. The lowest BCUT2D eigenvalue weighted by Gasteiger charge is -2.19. The Hall–Kier alpha value is -7.62. The van der Waals surface area contributed by atoms with Crippen LogP contribution in [-0.4, -0.2) is 13.7 Å². The highest BCUT2D eigenvalue weighted by atomic mass is 15.0. The average molecular weight is 739 g/mol. The first-order valence-electron chi connectivity index (χ1n) is 25.0. The summed E-state index contributed by atoms with van der Waals surface area (Å²) >= 11 is 0. The van der Waals surface area contributed by atoms with Gasteiger partial charge in [-0.05, 0) is 71.8 Å². The van der Waals surface area contributed by atoms with Crippen LogP contribution in [0.4, 0.5) is 0 Å². The first-order chi connectivity index (χ1) is 33.7. The van der Waals surface area contributed by atoms with Crippen molar-refractivity contribution in [3.8, 4) is 39.3 Å². The molecule has 0 spiro atoms. The minimum Gasteiger partial charge on any atom is -0.309 e.